The number of ether oxygens (including phenoxy) is 3. The van der Waals surface area contributed by atoms with Crippen LogP contribution < -0.4 is 14.2 Å². The van der Waals surface area contributed by atoms with Crippen LogP contribution in [0.3, 0.4) is 0 Å². The Kier molecular flexibility index (Phi) is 7.30. The van der Waals surface area contributed by atoms with Gasteiger partial charge in [0.15, 0.2) is 11.5 Å². The number of rotatable bonds is 5. The number of likely N-dealkylation sites (tertiary alicyclic amines) is 1. The van der Waals surface area contributed by atoms with Gasteiger partial charge in [0.2, 0.25) is 6.79 Å². The summed E-state index contributed by atoms with van der Waals surface area (Å²) < 4.78 is 16.3. The van der Waals surface area contributed by atoms with Gasteiger partial charge in [0.25, 0.3) is 0 Å². The first kappa shape index (κ1) is 22.9. The lowest BCUT2D eigenvalue weighted by molar-refractivity contribution is -0.125. The highest BCUT2D eigenvalue weighted by atomic mass is 16.7. The van der Waals surface area contributed by atoms with E-state index in [2.05, 4.69) is 29.2 Å². The fraction of sp³-hybridized carbons (Fsp3) is 0.321. The van der Waals surface area contributed by atoms with E-state index in [0.717, 1.165) is 29.2 Å². The highest BCUT2D eigenvalue weighted by Crippen LogP contribution is 2.39. The van der Waals surface area contributed by atoms with Crippen LogP contribution in [0.25, 0.3) is 0 Å². The summed E-state index contributed by atoms with van der Waals surface area (Å²) in [5.74, 6) is 2.07. The minimum Gasteiger partial charge on any atom is -0.497 e. The maximum Gasteiger partial charge on any atom is 0.231 e. The molecule has 0 saturated carbocycles. The molecular weight excluding hydrogens is 414 g/mol. The Morgan fingerprint density at radius 2 is 1.48 bits per heavy atom. The molecule has 0 aliphatic carbocycles. The van der Waals surface area contributed by atoms with Gasteiger partial charge in [-0.3, -0.25) is 9.69 Å². The number of nitrogens with zero attached hydrogens (tertiary/aromatic N) is 1. The van der Waals surface area contributed by atoms with Gasteiger partial charge in [-0.1, -0.05) is 62.4 Å². The maximum atomic E-state index is 13.6. The van der Waals surface area contributed by atoms with Crippen LogP contribution in [0.5, 0.6) is 17.2 Å². The molecule has 3 aromatic carbocycles. The monoisotopic (exact) mass is 445 g/mol. The summed E-state index contributed by atoms with van der Waals surface area (Å²) in [5.41, 5.74) is 3.24. The summed E-state index contributed by atoms with van der Waals surface area (Å²) in [4.78, 5) is 16.0. The highest BCUT2D eigenvalue weighted by molar-refractivity contribution is 5.93. The minimum absolute atomic E-state index is 0.196. The van der Waals surface area contributed by atoms with Crippen molar-refractivity contribution in [3.05, 3.63) is 89.5 Å². The summed E-state index contributed by atoms with van der Waals surface area (Å²) in [5, 5.41) is 0. The van der Waals surface area contributed by atoms with Gasteiger partial charge in [0.1, 0.15) is 11.5 Å². The summed E-state index contributed by atoms with van der Waals surface area (Å²) in [6.07, 6.45) is 0. The zero-order valence-corrected chi connectivity index (χ0v) is 19.5. The van der Waals surface area contributed by atoms with E-state index < -0.39 is 0 Å². The molecule has 5 nitrogen and oxygen atoms in total. The van der Waals surface area contributed by atoms with E-state index in [9.17, 15) is 4.79 Å². The van der Waals surface area contributed by atoms with Crippen LogP contribution in [-0.2, 0) is 11.3 Å². The largest absolute Gasteiger partial charge is 0.497 e. The molecule has 0 N–H and O–H groups in total. The van der Waals surface area contributed by atoms with Crippen molar-refractivity contribution in [1.29, 1.82) is 0 Å². The van der Waals surface area contributed by atoms with Gasteiger partial charge in [0, 0.05) is 19.6 Å². The second-order valence-electron chi connectivity index (χ2n) is 8.07. The molecule has 33 heavy (non-hydrogen) atoms. The number of hydrogen-bond acceptors (Lipinski definition) is 5. The summed E-state index contributed by atoms with van der Waals surface area (Å²) >= 11 is 0. The second kappa shape index (κ2) is 10.5. The average molecular weight is 446 g/mol. The molecule has 1 saturated heterocycles. The van der Waals surface area contributed by atoms with Crippen LogP contribution in [0.15, 0.2) is 72.8 Å². The van der Waals surface area contributed by atoms with E-state index in [1.54, 1.807) is 7.11 Å². The van der Waals surface area contributed by atoms with Crippen LogP contribution >= 0.6 is 0 Å². The van der Waals surface area contributed by atoms with Gasteiger partial charge in [-0.25, -0.2) is 0 Å². The van der Waals surface area contributed by atoms with Gasteiger partial charge in [0.05, 0.1) is 18.9 Å². The average Bonchev–Trinajstić information content (AvgIpc) is 3.35. The van der Waals surface area contributed by atoms with Crippen molar-refractivity contribution in [3.8, 4) is 17.2 Å². The molecule has 172 valence electrons. The van der Waals surface area contributed by atoms with Gasteiger partial charge < -0.3 is 14.2 Å². The van der Waals surface area contributed by atoms with Crippen LogP contribution in [0.2, 0.25) is 0 Å². The summed E-state index contributed by atoms with van der Waals surface area (Å²) in [6, 6.07) is 24.1. The Bertz CT molecular complexity index is 1070. The Morgan fingerprint density at radius 3 is 2.18 bits per heavy atom. The Morgan fingerprint density at radius 1 is 0.848 bits per heavy atom. The third-order valence-electron chi connectivity index (χ3n) is 6.13. The van der Waals surface area contributed by atoms with Crippen molar-refractivity contribution >= 4 is 5.78 Å². The Balaban J connectivity index is 0.00000126. The third-order valence-corrected chi connectivity index (χ3v) is 6.13. The number of carbonyl (C=O) groups is 1. The van der Waals surface area contributed by atoms with E-state index >= 15 is 0 Å². The van der Waals surface area contributed by atoms with Crippen molar-refractivity contribution in [2.45, 2.75) is 32.2 Å². The number of benzene rings is 3. The lowest BCUT2D eigenvalue weighted by atomic mass is 9.79. The molecule has 2 atom stereocenters. The number of Topliss-reactive ketones (excluding diaryl/α,β-unsaturated/α-hetero) is 1. The zero-order valence-electron chi connectivity index (χ0n) is 19.5. The first-order valence-electron chi connectivity index (χ1n) is 11.5. The molecule has 0 bridgehead atoms. The molecule has 0 amide bonds. The molecule has 2 unspecified atom stereocenters. The Labute approximate surface area is 195 Å². The van der Waals surface area contributed by atoms with Gasteiger partial charge in [-0.2, -0.15) is 0 Å². The molecule has 2 aliphatic rings. The number of methoxy groups -OCH3 is 1. The van der Waals surface area contributed by atoms with Crippen molar-refractivity contribution in [2.75, 3.05) is 27.0 Å². The fourth-order valence-electron chi connectivity index (χ4n) is 4.49. The lowest BCUT2D eigenvalue weighted by Crippen LogP contribution is -2.44. The van der Waals surface area contributed by atoms with E-state index in [1.807, 2.05) is 62.4 Å². The van der Waals surface area contributed by atoms with E-state index in [0.29, 0.717) is 18.8 Å². The smallest absolute Gasteiger partial charge is 0.231 e. The van der Waals surface area contributed by atoms with Gasteiger partial charge in [-0.15, -0.1) is 0 Å². The number of carbonyl (C=O) groups excluding carboxylic acids is 1. The lowest BCUT2D eigenvalue weighted by Gasteiger charge is -2.37. The molecule has 2 heterocycles. The summed E-state index contributed by atoms with van der Waals surface area (Å²) in [6.45, 7) is 6.41. The molecule has 0 radical (unpaired) electrons. The van der Waals surface area contributed by atoms with Crippen LogP contribution in [0.1, 0.15) is 42.4 Å². The number of piperidine rings is 1. The number of fused-ring (bicyclic) bond motifs is 1. The normalized spacial score (nSPS) is 19.5. The predicted octanol–water partition coefficient (Wildman–Crippen LogP) is 5.40. The molecule has 2 aliphatic heterocycles. The van der Waals surface area contributed by atoms with Crippen molar-refractivity contribution < 1.29 is 19.0 Å². The maximum absolute atomic E-state index is 13.6. The van der Waals surface area contributed by atoms with E-state index in [1.165, 1.54) is 5.56 Å². The molecule has 3 aromatic rings. The Hall–Kier alpha value is -3.31. The third kappa shape index (κ3) is 5.04. The van der Waals surface area contributed by atoms with Crippen LogP contribution in [0, 0.1) is 0 Å². The van der Waals surface area contributed by atoms with Crippen molar-refractivity contribution in [1.82, 2.24) is 4.90 Å². The molecular formula is C28H31NO4. The minimum atomic E-state index is -0.223. The standard InChI is InChI=1S/C26H25NO4.C2H6/c1-29-21-10-7-19(8-11-21)22-15-27(14-18-5-3-2-4-6-18)16-23(26(22)28)20-9-12-24-25(13-20)31-17-30-24;1-2/h2-13,22-23H,14-17H2,1H3;1-2H3. The SMILES string of the molecule is CC.COc1ccc(C2CN(Cc3ccccc3)CC(c3ccc4c(c3)OCO4)C2=O)cc1. The highest BCUT2D eigenvalue weighted by Gasteiger charge is 2.37. The quantitative estimate of drug-likeness (QED) is 0.526. The number of ketones is 1. The fourth-order valence-corrected chi connectivity index (χ4v) is 4.49. The van der Waals surface area contributed by atoms with Crippen LogP contribution in [0.4, 0.5) is 0 Å². The molecule has 5 rings (SSSR count). The molecule has 0 spiro atoms. The first-order chi connectivity index (χ1) is 16.2. The van der Waals surface area contributed by atoms with Crippen molar-refractivity contribution in [3.63, 3.8) is 0 Å². The van der Waals surface area contributed by atoms with Crippen molar-refractivity contribution in [2.24, 2.45) is 0 Å². The van der Waals surface area contributed by atoms with E-state index in [-0.39, 0.29) is 24.4 Å². The second-order valence-corrected chi connectivity index (χ2v) is 8.07. The predicted molar refractivity (Wildman–Crippen MR) is 129 cm³/mol. The number of hydrogen-bond donors (Lipinski definition) is 0. The molecule has 5 heteroatoms. The van der Waals surface area contributed by atoms with Gasteiger partial charge in [-0.05, 0) is 41.0 Å². The molecule has 0 aromatic heterocycles. The zero-order chi connectivity index (χ0) is 23.2. The van der Waals surface area contributed by atoms with Gasteiger partial charge >= 0.3 is 0 Å². The molecule has 1 fully saturated rings. The van der Waals surface area contributed by atoms with E-state index in [4.69, 9.17) is 14.2 Å². The topological polar surface area (TPSA) is 48.0 Å². The van der Waals surface area contributed by atoms with Crippen LogP contribution in [-0.4, -0.2) is 37.7 Å². The first-order valence-corrected chi connectivity index (χ1v) is 11.5. The summed E-state index contributed by atoms with van der Waals surface area (Å²) in [7, 11) is 1.65.